The Morgan fingerprint density at radius 3 is 2.50 bits per heavy atom. The monoisotopic (exact) mass is 446 g/mol. The van der Waals surface area contributed by atoms with Crippen LogP contribution in [0, 0.1) is 0 Å². The Bertz CT molecular complexity index is 1020. The molecule has 7 nitrogen and oxygen atoms in total. The molecule has 0 fully saturated rings. The van der Waals surface area contributed by atoms with E-state index in [9.17, 15) is 9.59 Å². The lowest BCUT2D eigenvalue weighted by Crippen LogP contribution is -2.31. The molecular weight excluding hydrogens is 428 g/mol. The SMILES string of the molecule is COC(=O)CSC1=NC(=Cc2ccc(OC)cc2)C(=O)N1c1ccc(Cl)c(OC)c1. The number of carbonyl (C=O) groups is 2. The molecule has 9 heteroatoms. The first kappa shape index (κ1) is 21.7. The van der Waals surface area contributed by atoms with E-state index in [4.69, 9.17) is 25.8 Å². The number of hydrogen-bond acceptors (Lipinski definition) is 7. The number of aliphatic imine (C=N–C) groups is 1. The predicted octanol–water partition coefficient (Wildman–Crippen LogP) is 4.01. The van der Waals surface area contributed by atoms with Crippen molar-refractivity contribution in [3.05, 3.63) is 58.7 Å². The summed E-state index contributed by atoms with van der Waals surface area (Å²) in [6.07, 6.45) is 1.67. The Morgan fingerprint density at radius 2 is 1.87 bits per heavy atom. The Hall–Kier alpha value is -2.97. The quantitative estimate of drug-likeness (QED) is 0.493. The van der Waals surface area contributed by atoms with Crippen LogP contribution in [0.15, 0.2) is 53.2 Å². The maximum atomic E-state index is 13.2. The summed E-state index contributed by atoms with van der Waals surface area (Å²) in [4.78, 5) is 30.6. The van der Waals surface area contributed by atoms with Gasteiger partial charge in [-0.15, -0.1) is 0 Å². The zero-order valence-electron chi connectivity index (χ0n) is 16.5. The Kier molecular flexibility index (Phi) is 7.02. The minimum atomic E-state index is -0.420. The number of nitrogens with zero attached hydrogens (tertiary/aromatic N) is 2. The highest BCUT2D eigenvalue weighted by atomic mass is 35.5. The topological polar surface area (TPSA) is 77.4 Å². The van der Waals surface area contributed by atoms with E-state index in [0.29, 0.717) is 27.4 Å². The molecule has 0 aromatic heterocycles. The number of methoxy groups -OCH3 is 3. The molecule has 1 aliphatic heterocycles. The fourth-order valence-electron chi connectivity index (χ4n) is 2.65. The molecule has 3 rings (SSSR count). The number of thioether (sulfide) groups is 1. The fourth-order valence-corrected chi connectivity index (χ4v) is 3.69. The minimum absolute atomic E-state index is 0.0135. The van der Waals surface area contributed by atoms with Crippen LogP contribution in [0.25, 0.3) is 6.08 Å². The second-order valence-corrected chi connectivity index (χ2v) is 7.37. The minimum Gasteiger partial charge on any atom is -0.497 e. The van der Waals surface area contributed by atoms with Gasteiger partial charge in [0.25, 0.3) is 5.91 Å². The molecule has 1 amide bonds. The normalized spacial score (nSPS) is 14.7. The zero-order valence-corrected chi connectivity index (χ0v) is 18.1. The molecule has 0 unspecified atom stereocenters. The molecule has 156 valence electrons. The number of benzene rings is 2. The molecule has 0 bridgehead atoms. The predicted molar refractivity (Wildman–Crippen MR) is 118 cm³/mol. The largest absolute Gasteiger partial charge is 0.497 e. The van der Waals surface area contributed by atoms with Crippen LogP contribution in [0.3, 0.4) is 0 Å². The first-order chi connectivity index (χ1) is 14.5. The van der Waals surface area contributed by atoms with Crippen LogP contribution in [-0.2, 0) is 14.3 Å². The second-order valence-electron chi connectivity index (χ2n) is 6.02. The Balaban J connectivity index is 1.97. The molecule has 1 aliphatic rings. The molecule has 2 aromatic rings. The Morgan fingerprint density at radius 1 is 1.13 bits per heavy atom. The van der Waals surface area contributed by atoms with Gasteiger partial charge in [0.2, 0.25) is 0 Å². The van der Waals surface area contributed by atoms with Gasteiger partial charge in [0.05, 0.1) is 37.8 Å². The lowest BCUT2D eigenvalue weighted by Gasteiger charge is -2.18. The number of anilines is 1. The van der Waals surface area contributed by atoms with Gasteiger partial charge in [-0.25, -0.2) is 4.99 Å². The molecule has 0 spiro atoms. The summed E-state index contributed by atoms with van der Waals surface area (Å²) in [6, 6.07) is 12.2. The molecule has 0 saturated carbocycles. The first-order valence-electron chi connectivity index (χ1n) is 8.79. The van der Waals surface area contributed by atoms with Gasteiger partial charge in [-0.2, -0.15) is 0 Å². The summed E-state index contributed by atoms with van der Waals surface area (Å²) in [7, 11) is 4.38. The lowest BCUT2D eigenvalue weighted by atomic mass is 10.2. The lowest BCUT2D eigenvalue weighted by molar-refractivity contribution is -0.137. The van der Waals surface area contributed by atoms with Crippen molar-refractivity contribution >= 4 is 52.2 Å². The van der Waals surface area contributed by atoms with Gasteiger partial charge < -0.3 is 14.2 Å². The van der Waals surface area contributed by atoms with Crippen LogP contribution in [0.4, 0.5) is 5.69 Å². The van der Waals surface area contributed by atoms with Gasteiger partial charge in [0.1, 0.15) is 17.2 Å². The molecule has 0 atom stereocenters. The van der Waals surface area contributed by atoms with E-state index in [-0.39, 0.29) is 17.4 Å². The number of esters is 1. The molecule has 0 saturated heterocycles. The molecule has 30 heavy (non-hydrogen) atoms. The van der Waals surface area contributed by atoms with Gasteiger partial charge >= 0.3 is 5.97 Å². The van der Waals surface area contributed by atoms with Crippen LogP contribution < -0.4 is 14.4 Å². The van der Waals surface area contributed by atoms with Crippen LogP contribution in [0.1, 0.15) is 5.56 Å². The third kappa shape index (κ3) is 4.77. The number of halogens is 1. The van der Waals surface area contributed by atoms with Crippen molar-refractivity contribution in [1.29, 1.82) is 0 Å². The van der Waals surface area contributed by atoms with E-state index < -0.39 is 5.97 Å². The van der Waals surface area contributed by atoms with Gasteiger partial charge in [-0.1, -0.05) is 35.5 Å². The molecular formula is C21H19ClN2O5S. The standard InChI is InChI=1S/C21H19ClN2O5S/c1-27-15-7-4-13(5-8-15)10-17-20(26)24(21(23-17)30-12-19(25)29-3)14-6-9-16(22)18(11-14)28-2/h4-11H,12H2,1-3H3. The van der Waals surface area contributed by atoms with E-state index >= 15 is 0 Å². The summed E-state index contributed by atoms with van der Waals surface area (Å²) in [5.41, 5.74) is 1.55. The zero-order chi connectivity index (χ0) is 21.7. The highest BCUT2D eigenvalue weighted by Gasteiger charge is 2.33. The van der Waals surface area contributed by atoms with Crippen molar-refractivity contribution in [3.63, 3.8) is 0 Å². The number of amides is 1. The number of ether oxygens (including phenoxy) is 3. The fraction of sp³-hybridized carbons (Fsp3) is 0.190. The molecule has 0 N–H and O–H groups in total. The highest BCUT2D eigenvalue weighted by Crippen LogP contribution is 2.34. The van der Waals surface area contributed by atoms with Crippen molar-refractivity contribution in [2.24, 2.45) is 4.99 Å². The van der Waals surface area contributed by atoms with Crippen molar-refractivity contribution < 1.29 is 23.8 Å². The maximum absolute atomic E-state index is 13.2. The van der Waals surface area contributed by atoms with Gasteiger partial charge in [-0.05, 0) is 35.9 Å². The average molecular weight is 447 g/mol. The smallest absolute Gasteiger partial charge is 0.316 e. The van der Waals surface area contributed by atoms with Crippen molar-refractivity contribution in [3.8, 4) is 11.5 Å². The molecule has 1 heterocycles. The summed E-state index contributed by atoms with van der Waals surface area (Å²) >= 11 is 7.22. The van der Waals surface area contributed by atoms with E-state index in [1.54, 1.807) is 43.5 Å². The van der Waals surface area contributed by atoms with Crippen molar-refractivity contribution in [2.45, 2.75) is 0 Å². The summed E-state index contributed by atoms with van der Waals surface area (Å²) < 4.78 is 15.1. The average Bonchev–Trinajstić information content (AvgIpc) is 3.08. The summed E-state index contributed by atoms with van der Waals surface area (Å²) in [5, 5.41) is 0.775. The molecule has 0 aliphatic carbocycles. The van der Waals surface area contributed by atoms with Crippen LogP contribution in [0.5, 0.6) is 11.5 Å². The third-order valence-corrected chi connectivity index (χ3v) is 5.41. The maximum Gasteiger partial charge on any atom is 0.316 e. The molecule has 0 radical (unpaired) electrons. The van der Waals surface area contributed by atoms with Crippen LogP contribution >= 0.6 is 23.4 Å². The summed E-state index contributed by atoms with van der Waals surface area (Å²) in [6.45, 7) is 0. The van der Waals surface area contributed by atoms with E-state index in [2.05, 4.69) is 4.99 Å². The van der Waals surface area contributed by atoms with Gasteiger partial charge in [0, 0.05) is 6.07 Å². The number of carbonyl (C=O) groups excluding carboxylic acids is 2. The summed E-state index contributed by atoms with van der Waals surface area (Å²) in [5.74, 6) is 0.396. The van der Waals surface area contributed by atoms with Crippen molar-refractivity contribution in [1.82, 2.24) is 0 Å². The number of hydrogen-bond donors (Lipinski definition) is 0. The highest BCUT2D eigenvalue weighted by molar-refractivity contribution is 8.14. The van der Waals surface area contributed by atoms with Crippen molar-refractivity contribution in [2.75, 3.05) is 32.0 Å². The second kappa shape index (κ2) is 9.69. The number of amidine groups is 1. The Labute approximate surface area is 183 Å². The van der Waals surface area contributed by atoms with E-state index in [1.807, 2.05) is 12.1 Å². The van der Waals surface area contributed by atoms with Gasteiger partial charge in [0.15, 0.2) is 5.17 Å². The van der Waals surface area contributed by atoms with Crippen LogP contribution in [0.2, 0.25) is 5.02 Å². The first-order valence-corrected chi connectivity index (χ1v) is 10.1. The van der Waals surface area contributed by atoms with E-state index in [1.165, 1.54) is 19.1 Å². The molecule has 2 aromatic carbocycles. The van der Waals surface area contributed by atoms with E-state index in [0.717, 1.165) is 17.3 Å². The number of rotatable bonds is 6. The van der Waals surface area contributed by atoms with Crippen LogP contribution in [-0.4, -0.2) is 44.1 Å². The third-order valence-electron chi connectivity index (χ3n) is 4.19. The van der Waals surface area contributed by atoms with Gasteiger partial charge in [-0.3, -0.25) is 14.5 Å².